The number of hydrogen-bond donors (Lipinski definition) is 1. The molecule has 0 spiro atoms. The van der Waals surface area contributed by atoms with Crippen molar-refractivity contribution in [3.8, 4) is 11.5 Å². The maximum absolute atomic E-state index is 12.0. The van der Waals surface area contributed by atoms with Crippen LogP contribution in [0.3, 0.4) is 0 Å². The number of nitrogens with zero attached hydrogens (tertiary/aromatic N) is 2. The summed E-state index contributed by atoms with van der Waals surface area (Å²) in [5.74, 6) is 0.354. The zero-order chi connectivity index (χ0) is 13.4. The van der Waals surface area contributed by atoms with Gasteiger partial charge in [-0.2, -0.15) is 0 Å². The van der Waals surface area contributed by atoms with Crippen molar-refractivity contribution in [3.63, 3.8) is 0 Å². The molecule has 1 aliphatic rings. The fourth-order valence-electron chi connectivity index (χ4n) is 1.94. The Labute approximate surface area is 118 Å². The number of ether oxygens (including phenoxy) is 1. The van der Waals surface area contributed by atoms with Crippen LogP contribution < -0.4 is 5.56 Å². The van der Waals surface area contributed by atoms with Crippen LogP contribution in [0.2, 0.25) is 10.0 Å². The maximum atomic E-state index is 12.0. The average molecular weight is 298 g/mol. The fourth-order valence-corrected chi connectivity index (χ4v) is 2.41. The molecule has 5 nitrogen and oxygen atoms in total. The minimum absolute atomic E-state index is 0.215. The highest BCUT2D eigenvalue weighted by Crippen LogP contribution is 2.25. The molecule has 0 fully saturated rings. The summed E-state index contributed by atoms with van der Waals surface area (Å²) in [7, 11) is 0. The van der Waals surface area contributed by atoms with Crippen LogP contribution >= 0.6 is 23.2 Å². The number of fused-ring (bicyclic) bond motifs is 1. The standard InChI is InChI=1S/C12H9Cl2N3O2/c13-6-3-8(14)10(15-4-6)11-16-9-1-2-19-5-7(9)12(18)17-11/h3-4H,1-2,5H2,(H,16,17,18). The maximum Gasteiger partial charge on any atom is 0.257 e. The largest absolute Gasteiger partial charge is 0.376 e. The lowest BCUT2D eigenvalue weighted by atomic mass is 10.1. The van der Waals surface area contributed by atoms with Crippen LogP contribution in [0.4, 0.5) is 0 Å². The Bertz CT molecular complexity index is 700. The highest BCUT2D eigenvalue weighted by Gasteiger charge is 2.18. The van der Waals surface area contributed by atoms with Gasteiger partial charge >= 0.3 is 0 Å². The predicted octanol–water partition coefficient (Wildman–Crippen LogP) is 2.21. The van der Waals surface area contributed by atoms with Crippen molar-refractivity contribution in [2.24, 2.45) is 0 Å². The summed E-state index contributed by atoms with van der Waals surface area (Å²) in [4.78, 5) is 23.2. The lowest BCUT2D eigenvalue weighted by Gasteiger charge is -2.15. The molecule has 3 rings (SSSR count). The summed E-state index contributed by atoms with van der Waals surface area (Å²) in [6.45, 7) is 0.852. The van der Waals surface area contributed by atoms with E-state index < -0.39 is 0 Å². The second-order valence-electron chi connectivity index (χ2n) is 4.13. The molecule has 0 saturated heterocycles. The summed E-state index contributed by atoms with van der Waals surface area (Å²) in [5, 5.41) is 0.783. The molecular formula is C12H9Cl2N3O2. The monoisotopic (exact) mass is 297 g/mol. The molecule has 3 heterocycles. The van der Waals surface area contributed by atoms with Crippen molar-refractivity contribution in [3.05, 3.63) is 43.9 Å². The number of hydrogen-bond acceptors (Lipinski definition) is 4. The molecule has 1 N–H and O–H groups in total. The molecule has 19 heavy (non-hydrogen) atoms. The second kappa shape index (κ2) is 4.92. The van der Waals surface area contributed by atoms with E-state index in [2.05, 4.69) is 15.0 Å². The second-order valence-corrected chi connectivity index (χ2v) is 4.97. The normalized spacial score (nSPS) is 14.2. The van der Waals surface area contributed by atoms with E-state index in [4.69, 9.17) is 27.9 Å². The number of nitrogens with one attached hydrogen (secondary N) is 1. The molecule has 1 aliphatic heterocycles. The molecule has 2 aromatic rings. The molecule has 0 aromatic carbocycles. The van der Waals surface area contributed by atoms with Gasteiger partial charge in [-0.3, -0.25) is 4.79 Å². The smallest absolute Gasteiger partial charge is 0.257 e. The third kappa shape index (κ3) is 2.36. The lowest BCUT2D eigenvalue weighted by Crippen LogP contribution is -2.24. The molecule has 0 bridgehead atoms. The van der Waals surface area contributed by atoms with E-state index in [1.165, 1.54) is 6.20 Å². The van der Waals surface area contributed by atoms with Crippen LogP contribution in [0.5, 0.6) is 0 Å². The first-order valence-electron chi connectivity index (χ1n) is 5.66. The average Bonchev–Trinajstić information content (AvgIpc) is 2.38. The third-order valence-electron chi connectivity index (χ3n) is 2.86. The van der Waals surface area contributed by atoms with E-state index >= 15 is 0 Å². The van der Waals surface area contributed by atoms with Gasteiger partial charge in [0.2, 0.25) is 0 Å². The Hall–Kier alpha value is -1.43. The van der Waals surface area contributed by atoms with Crippen LogP contribution in [-0.4, -0.2) is 21.6 Å². The molecular weight excluding hydrogens is 289 g/mol. The number of rotatable bonds is 1. The zero-order valence-electron chi connectivity index (χ0n) is 9.74. The highest BCUT2D eigenvalue weighted by molar-refractivity contribution is 6.35. The Balaban J connectivity index is 2.15. The number of halogens is 2. The van der Waals surface area contributed by atoms with E-state index in [0.717, 1.165) is 5.69 Å². The molecule has 0 radical (unpaired) electrons. The van der Waals surface area contributed by atoms with Crippen LogP contribution in [-0.2, 0) is 17.8 Å². The molecule has 0 amide bonds. The van der Waals surface area contributed by atoms with Crippen molar-refractivity contribution in [1.29, 1.82) is 0 Å². The minimum Gasteiger partial charge on any atom is -0.376 e. The topological polar surface area (TPSA) is 67.9 Å². The van der Waals surface area contributed by atoms with Gasteiger partial charge in [-0.05, 0) is 6.07 Å². The van der Waals surface area contributed by atoms with E-state index in [1.807, 2.05) is 0 Å². The molecule has 0 saturated carbocycles. The van der Waals surface area contributed by atoms with Crippen LogP contribution in [0, 0.1) is 0 Å². The molecule has 0 atom stereocenters. The van der Waals surface area contributed by atoms with Crippen molar-refractivity contribution in [1.82, 2.24) is 15.0 Å². The van der Waals surface area contributed by atoms with Gasteiger partial charge < -0.3 is 9.72 Å². The molecule has 0 unspecified atom stereocenters. The summed E-state index contributed by atoms with van der Waals surface area (Å²) >= 11 is 11.9. The van der Waals surface area contributed by atoms with Gasteiger partial charge in [-0.1, -0.05) is 23.2 Å². The third-order valence-corrected chi connectivity index (χ3v) is 3.36. The van der Waals surface area contributed by atoms with Gasteiger partial charge in [0.15, 0.2) is 5.82 Å². The number of H-pyrrole nitrogens is 1. The van der Waals surface area contributed by atoms with Crippen LogP contribution in [0.15, 0.2) is 17.1 Å². The van der Waals surface area contributed by atoms with Gasteiger partial charge in [-0.25, -0.2) is 9.97 Å². The molecule has 2 aromatic heterocycles. The molecule has 98 valence electrons. The molecule has 0 aliphatic carbocycles. The summed E-state index contributed by atoms with van der Waals surface area (Å²) < 4.78 is 5.24. The predicted molar refractivity (Wildman–Crippen MR) is 71.5 cm³/mol. The molecule has 7 heteroatoms. The number of aromatic nitrogens is 3. The van der Waals surface area contributed by atoms with Gasteiger partial charge in [-0.15, -0.1) is 0 Å². The van der Waals surface area contributed by atoms with Gasteiger partial charge in [0.25, 0.3) is 5.56 Å². The van der Waals surface area contributed by atoms with Crippen molar-refractivity contribution in [2.45, 2.75) is 13.0 Å². The SMILES string of the molecule is O=c1[nH]c(-c2ncc(Cl)cc2Cl)nc2c1COCC2. The van der Waals surface area contributed by atoms with E-state index in [-0.39, 0.29) is 5.56 Å². The summed E-state index contributed by atoms with van der Waals surface area (Å²) in [6.07, 6.45) is 2.07. The van der Waals surface area contributed by atoms with Gasteiger partial charge in [0, 0.05) is 12.6 Å². The Morgan fingerprint density at radius 1 is 1.37 bits per heavy atom. The van der Waals surface area contributed by atoms with E-state index in [0.29, 0.717) is 46.8 Å². The fraction of sp³-hybridized carbons (Fsp3) is 0.250. The zero-order valence-corrected chi connectivity index (χ0v) is 11.3. The van der Waals surface area contributed by atoms with Crippen LogP contribution in [0.25, 0.3) is 11.5 Å². The Morgan fingerprint density at radius 3 is 3.00 bits per heavy atom. The van der Waals surface area contributed by atoms with E-state index in [1.54, 1.807) is 6.07 Å². The number of aromatic amines is 1. The van der Waals surface area contributed by atoms with Gasteiger partial charge in [0.05, 0.1) is 34.5 Å². The van der Waals surface area contributed by atoms with Crippen molar-refractivity contribution >= 4 is 23.2 Å². The van der Waals surface area contributed by atoms with Crippen LogP contribution in [0.1, 0.15) is 11.3 Å². The Kier molecular flexibility index (Phi) is 3.26. The first kappa shape index (κ1) is 12.6. The van der Waals surface area contributed by atoms with Gasteiger partial charge in [0.1, 0.15) is 5.69 Å². The minimum atomic E-state index is -0.215. The highest BCUT2D eigenvalue weighted by atomic mass is 35.5. The number of pyridine rings is 1. The lowest BCUT2D eigenvalue weighted by molar-refractivity contribution is 0.108. The van der Waals surface area contributed by atoms with Crippen molar-refractivity contribution < 1.29 is 4.74 Å². The first-order chi connectivity index (χ1) is 9.15. The quantitative estimate of drug-likeness (QED) is 0.876. The van der Waals surface area contributed by atoms with E-state index in [9.17, 15) is 4.79 Å². The summed E-state index contributed by atoms with van der Waals surface area (Å²) in [6, 6.07) is 1.56. The first-order valence-corrected chi connectivity index (χ1v) is 6.42. The van der Waals surface area contributed by atoms with Crippen molar-refractivity contribution in [2.75, 3.05) is 6.61 Å². The summed E-state index contributed by atoms with van der Waals surface area (Å²) in [5.41, 5.74) is 1.50. The Morgan fingerprint density at radius 2 is 2.21 bits per heavy atom.